The fourth-order valence-corrected chi connectivity index (χ4v) is 9.14. The number of fused-ring (bicyclic) bond motifs is 6. The number of nitrogens with zero attached hydrogens (tertiary/aromatic N) is 6. The maximum absolute atomic E-state index is 14.6. The molecule has 4 aromatic carbocycles. The number of aromatic nitrogens is 6. The molecular formula is C43H31ClF2N8S2. The van der Waals surface area contributed by atoms with Crippen LogP contribution in [0.25, 0.3) is 52.9 Å². The summed E-state index contributed by atoms with van der Waals surface area (Å²) in [6, 6.07) is 31.4. The van der Waals surface area contributed by atoms with Crippen molar-refractivity contribution in [1.29, 1.82) is 0 Å². The summed E-state index contributed by atoms with van der Waals surface area (Å²) >= 11 is 9.59. The van der Waals surface area contributed by atoms with Crippen LogP contribution in [0.5, 0.6) is 0 Å². The standard InChI is InChI=1S/C22H17FN4S.C21H14ClFN4S/c1-13-6-5-7-14(2)19(13)25-21-20(15-10-11-24-12-16(15)23)26-22-27(21)17-8-3-4-9-18(17)28-22;1-12-5-4-6-14(22)18(12)25-20-19(13-9-10-24-11-15(13)23)26-21-27(20)16-7-2-3-8-17(16)28-21/h3-12,25H,1-2H3;2-11,25H,1H3. The Hall–Kier alpha value is -6.21. The van der Waals surface area contributed by atoms with Crippen molar-refractivity contribution in [2.45, 2.75) is 20.8 Å². The van der Waals surface area contributed by atoms with E-state index in [1.807, 2.05) is 72.0 Å². The van der Waals surface area contributed by atoms with Crippen molar-refractivity contribution in [3.05, 3.63) is 155 Å². The summed E-state index contributed by atoms with van der Waals surface area (Å²) in [6.07, 6.45) is 5.58. The van der Waals surface area contributed by atoms with E-state index in [-0.39, 0.29) is 5.82 Å². The number of thiazole rings is 2. The molecule has 0 aliphatic carbocycles. The second-order valence-corrected chi connectivity index (χ2v) is 15.6. The molecule has 0 aliphatic rings. The monoisotopic (exact) mass is 796 g/mol. The lowest BCUT2D eigenvalue weighted by Gasteiger charge is -2.14. The van der Waals surface area contributed by atoms with Gasteiger partial charge in [0.25, 0.3) is 0 Å². The predicted octanol–water partition coefficient (Wildman–Crippen LogP) is 12.6. The first-order valence-electron chi connectivity index (χ1n) is 17.6. The summed E-state index contributed by atoms with van der Waals surface area (Å²) in [7, 11) is 0. The van der Waals surface area contributed by atoms with Gasteiger partial charge in [0.2, 0.25) is 0 Å². The summed E-state index contributed by atoms with van der Waals surface area (Å²) in [6.45, 7) is 6.10. The number of aryl methyl sites for hydroxylation is 3. The number of hydrogen-bond acceptors (Lipinski definition) is 8. The van der Waals surface area contributed by atoms with Gasteiger partial charge in [0, 0.05) is 29.2 Å². The highest BCUT2D eigenvalue weighted by Gasteiger charge is 2.23. The first kappa shape index (κ1) is 35.5. The maximum atomic E-state index is 14.6. The van der Waals surface area contributed by atoms with Crippen LogP contribution in [0.3, 0.4) is 0 Å². The highest BCUT2D eigenvalue weighted by molar-refractivity contribution is 7.24. The number of para-hydroxylation sites is 4. The van der Waals surface area contributed by atoms with Crippen LogP contribution < -0.4 is 10.6 Å². The van der Waals surface area contributed by atoms with Gasteiger partial charge in [0.15, 0.2) is 21.6 Å². The summed E-state index contributed by atoms with van der Waals surface area (Å²) in [5.41, 5.74) is 9.00. The Morgan fingerprint density at radius 1 is 0.554 bits per heavy atom. The summed E-state index contributed by atoms with van der Waals surface area (Å²) in [4.78, 5) is 18.9. The largest absolute Gasteiger partial charge is 0.339 e. The van der Waals surface area contributed by atoms with E-state index in [4.69, 9.17) is 21.6 Å². The Morgan fingerprint density at radius 2 is 1.00 bits per heavy atom. The Morgan fingerprint density at radius 3 is 1.48 bits per heavy atom. The molecule has 2 N–H and O–H groups in total. The molecule has 0 spiro atoms. The lowest BCUT2D eigenvalue weighted by atomic mass is 10.1. The van der Waals surface area contributed by atoms with Crippen LogP contribution in [0.15, 0.2) is 122 Å². The molecule has 10 aromatic rings. The van der Waals surface area contributed by atoms with E-state index in [0.717, 1.165) is 64.2 Å². The van der Waals surface area contributed by atoms with Gasteiger partial charge in [-0.25, -0.2) is 18.7 Å². The van der Waals surface area contributed by atoms with E-state index in [2.05, 4.69) is 63.1 Å². The quantitative estimate of drug-likeness (QED) is 0.174. The molecule has 10 rings (SSSR count). The van der Waals surface area contributed by atoms with Gasteiger partial charge in [0.1, 0.15) is 23.0 Å². The van der Waals surface area contributed by atoms with Gasteiger partial charge in [0.05, 0.1) is 43.5 Å². The number of imidazole rings is 2. The zero-order valence-corrected chi connectivity index (χ0v) is 32.6. The molecule has 0 amide bonds. The number of pyridine rings is 2. The molecule has 0 unspecified atom stereocenters. The third kappa shape index (κ3) is 6.21. The third-order valence-electron chi connectivity index (χ3n) is 9.55. The SMILES string of the molecule is Cc1cccc(C)c1Nc1c(-c2ccncc2F)nc2sc3ccccc3n12.Cc1cccc(Cl)c1Nc1c(-c2ccncc2F)nc2sc3ccccc3n12. The van der Waals surface area contributed by atoms with E-state index in [0.29, 0.717) is 33.4 Å². The second kappa shape index (κ2) is 14.5. The number of nitrogens with one attached hydrogen (secondary N) is 2. The molecule has 0 atom stereocenters. The number of halogens is 3. The van der Waals surface area contributed by atoms with Crippen LogP contribution in [-0.2, 0) is 0 Å². The minimum absolute atomic E-state index is 0.387. The van der Waals surface area contributed by atoms with Crippen LogP contribution in [0.2, 0.25) is 5.02 Å². The molecule has 0 bridgehead atoms. The molecule has 276 valence electrons. The Labute approximate surface area is 332 Å². The van der Waals surface area contributed by atoms with E-state index >= 15 is 0 Å². The smallest absolute Gasteiger partial charge is 0.197 e. The average molecular weight is 797 g/mol. The van der Waals surface area contributed by atoms with Crippen molar-refractivity contribution in [3.8, 4) is 22.5 Å². The van der Waals surface area contributed by atoms with E-state index < -0.39 is 5.82 Å². The lowest BCUT2D eigenvalue weighted by molar-refractivity contribution is 0.624. The lowest BCUT2D eigenvalue weighted by Crippen LogP contribution is -2.01. The predicted molar refractivity (Wildman–Crippen MR) is 226 cm³/mol. The van der Waals surface area contributed by atoms with E-state index in [1.54, 1.807) is 47.2 Å². The van der Waals surface area contributed by atoms with Gasteiger partial charge in [-0.05, 0) is 79.9 Å². The van der Waals surface area contributed by atoms with E-state index in [1.165, 1.54) is 12.4 Å². The van der Waals surface area contributed by atoms with Crippen LogP contribution >= 0.6 is 34.3 Å². The van der Waals surface area contributed by atoms with E-state index in [9.17, 15) is 8.78 Å². The number of benzene rings is 4. The van der Waals surface area contributed by atoms with Crippen molar-refractivity contribution >= 4 is 87.6 Å². The van der Waals surface area contributed by atoms with Crippen LogP contribution in [-0.4, -0.2) is 28.7 Å². The highest BCUT2D eigenvalue weighted by atomic mass is 35.5. The molecule has 0 saturated carbocycles. The molecule has 0 saturated heterocycles. The van der Waals surface area contributed by atoms with Gasteiger partial charge in [-0.2, -0.15) is 0 Å². The fourth-order valence-electron chi connectivity index (χ4n) is 6.82. The van der Waals surface area contributed by atoms with Crippen molar-refractivity contribution < 1.29 is 8.78 Å². The summed E-state index contributed by atoms with van der Waals surface area (Å²) in [5.74, 6) is 0.627. The van der Waals surface area contributed by atoms with Crippen LogP contribution in [0.1, 0.15) is 16.7 Å². The number of rotatable bonds is 6. The molecule has 8 nitrogen and oxygen atoms in total. The minimum atomic E-state index is -0.420. The zero-order chi connectivity index (χ0) is 38.5. The van der Waals surface area contributed by atoms with Gasteiger partial charge in [-0.1, -0.05) is 88.9 Å². The Bertz CT molecular complexity index is 2840. The summed E-state index contributed by atoms with van der Waals surface area (Å²) in [5, 5.41) is 7.57. The molecule has 6 aromatic heterocycles. The molecule has 6 heterocycles. The average Bonchev–Trinajstić information content (AvgIpc) is 3.94. The molecule has 13 heteroatoms. The van der Waals surface area contributed by atoms with Crippen LogP contribution in [0.4, 0.5) is 31.8 Å². The summed E-state index contributed by atoms with van der Waals surface area (Å²) < 4.78 is 35.4. The van der Waals surface area contributed by atoms with Crippen LogP contribution in [0, 0.1) is 32.4 Å². The highest BCUT2D eigenvalue weighted by Crippen LogP contribution is 2.41. The van der Waals surface area contributed by atoms with Gasteiger partial charge in [-0.15, -0.1) is 0 Å². The normalized spacial score (nSPS) is 11.4. The molecule has 56 heavy (non-hydrogen) atoms. The topological polar surface area (TPSA) is 84.4 Å². The maximum Gasteiger partial charge on any atom is 0.197 e. The van der Waals surface area contributed by atoms with Crippen molar-refractivity contribution in [2.24, 2.45) is 0 Å². The molecular weight excluding hydrogens is 766 g/mol. The van der Waals surface area contributed by atoms with Gasteiger partial charge >= 0.3 is 0 Å². The van der Waals surface area contributed by atoms with Crippen molar-refractivity contribution in [3.63, 3.8) is 0 Å². The minimum Gasteiger partial charge on any atom is -0.339 e. The Balaban J connectivity index is 0.000000146. The van der Waals surface area contributed by atoms with Gasteiger partial charge in [-0.3, -0.25) is 18.8 Å². The van der Waals surface area contributed by atoms with Crippen molar-refractivity contribution in [2.75, 3.05) is 10.6 Å². The molecule has 0 radical (unpaired) electrons. The second-order valence-electron chi connectivity index (χ2n) is 13.2. The first-order chi connectivity index (χ1) is 27.3. The van der Waals surface area contributed by atoms with Crippen molar-refractivity contribution in [1.82, 2.24) is 28.7 Å². The fraction of sp³-hybridized carbons (Fsp3) is 0.0698. The number of hydrogen-bond donors (Lipinski definition) is 2. The van der Waals surface area contributed by atoms with Gasteiger partial charge < -0.3 is 10.6 Å². The Kier molecular flexibility index (Phi) is 9.16. The molecule has 0 aliphatic heterocycles. The first-order valence-corrected chi connectivity index (χ1v) is 19.6. The zero-order valence-electron chi connectivity index (χ0n) is 30.2. The number of anilines is 4. The third-order valence-corrected chi connectivity index (χ3v) is 11.9. The molecule has 0 fully saturated rings.